The Morgan fingerprint density at radius 3 is 2.84 bits per heavy atom. The normalized spacial score (nSPS) is 23.3. The van der Waals surface area contributed by atoms with E-state index in [1.807, 2.05) is 12.1 Å². The average molecular weight is 264 g/mol. The highest BCUT2D eigenvalue weighted by Gasteiger charge is 2.23. The number of nitrogens with zero attached hydrogens (tertiary/aromatic N) is 1. The molecule has 104 valence electrons. The van der Waals surface area contributed by atoms with Gasteiger partial charge >= 0.3 is 0 Å². The maximum absolute atomic E-state index is 5.85. The molecular weight excluding hydrogens is 244 g/mol. The number of hydrogen-bond donors (Lipinski definition) is 1. The summed E-state index contributed by atoms with van der Waals surface area (Å²) < 4.78 is 17.0. The van der Waals surface area contributed by atoms with Crippen LogP contribution in [0, 0.1) is 0 Å². The lowest BCUT2D eigenvalue weighted by Gasteiger charge is -2.33. The molecule has 0 bridgehead atoms. The lowest BCUT2D eigenvalue weighted by molar-refractivity contribution is -0.0290. The Morgan fingerprint density at radius 2 is 2.00 bits per heavy atom. The molecule has 0 saturated carbocycles. The van der Waals surface area contributed by atoms with Crippen molar-refractivity contribution in [2.75, 3.05) is 46.0 Å². The standard InChI is InChI=1S/C14H20N2O3/c15-3-4-16-5-6-17-14(10-16)11-1-2-12-13(9-11)19-8-7-18-12/h1-2,9,14H,3-8,10,15H2. The number of rotatable bonds is 3. The van der Waals surface area contributed by atoms with Crippen LogP contribution < -0.4 is 15.2 Å². The van der Waals surface area contributed by atoms with Gasteiger partial charge in [-0.15, -0.1) is 0 Å². The van der Waals surface area contributed by atoms with Crippen molar-refractivity contribution < 1.29 is 14.2 Å². The molecule has 2 N–H and O–H groups in total. The lowest BCUT2D eigenvalue weighted by Crippen LogP contribution is -2.40. The van der Waals surface area contributed by atoms with Gasteiger partial charge in [-0.1, -0.05) is 6.07 Å². The van der Waals surface area contributed by atoms with Crippen LogP contribution in [-0.4, -0.2) is 50.9 Å². The van der Waals surface area contributed by atoms with Gasteiger partial charge in [0, 0.05) is 26.2 Å². The molecule has 3 rings (SSSR count). The number of morpholine rings is 1. The predicted octanol–water partition coefficient (Wildman–Crippen LogP) is 0.790. The highest BCUT2D eigenvalue weighted by atomic mass is 16.6. The molecule has 2 aliphatic heterocycles. The van der Waals surface area contributed by atoms with Gasteiger partial charge in [0.25, 0.3) is 0 Å². The van der Waals surface area contributed by atoms with E-state index in [0.717, 1.165) is 43.3 Å². The topological polar surface area (TPSA) is 57.0 Å². The van der Waals surface area contributed by atoms with Gasteiger partial charge in [0.05, 0.1) is 12.7 Å². The van der Waals surface area contributed by atoms with E-state index in [1.54, 1.807) is 0 Å². The minimum absolute atomic E-state index is 0.0936. The molecule has 2 heterocycles. The summed E-state index contributed by atoms with van der Waals surface area (Å²) in [6, 6.07) is 6.06. The maximum Gasteiger partial charge on any atom is 0.161 e. The van der Waals surface area contributed by atoms with Gasteiger partial charge in [-0.05, 0) is 17.7 Å². The molecule has 0 radical (unpaired) electrons. The third-order valence-corrected chi connectivity index (χ3v) is 3.53. The molecule has 1 atom stereocenters. The summed E-state index contributed by atoms with van der Waals surface area (Å²) in [6.45, 7) is 5.43. The molecule has 5 nitrogen and oxygen atoms in total. The van der Waals surface area contributed by atoms with Crippen LogP contribution in [0.1, 0.15) is 11.7 Å². The Bertz CT molecular complexity index is 437. The van der Waals surface area contributed by atoms with Crippen LogP contribution in [0.15, 0.2) is 18.2 Å². The smallest absolute Gasteiger partial charge is 0.161 e. The number of hydrogen-bond acceptors (Lipinski definition) is 5. The summed E-state index contributed by atoms with van der Waals surface area (Å²) in [5.41, 5.74) is 6.76. The van der Waals surface area contributed by atoms with Crippen LogP contribution in [0.4, 0.5) is 0 Å². The number of fused-ring (bicyclic) bond motifs is 1. The Labute approximate surface area is 113 Å². The van der Waals surface area contributed by atoms with Crippen LogP contribution in [-0.2, 0) is 4.74 Å². The fourth-order valence-corrected chi connectivity index (χ4v) is 2.55. The van der Waals surface area contributed by atoms with E-state index in [1.165, 1.54) is 0 Å². The summed E-state index contributed by atoms with van der Waals surface area (Å²) in [4.78, 5) is 2.34. The minimum Gasteiger partial charge on any atom is -0.486 e. The van der Waals surface area contributed by atoms with E-state index in [-0.39, 0.29) is 6.10 Å². The van der Waals surface area contributed by atoms with E-state index in [9.17, 15) is 0 Å². The van der Waals surface area contributed by atoms with E-state index in [2.05, 4.69) is 11.0 Å². The molecule has 2 aliphatic rings. The summed E-state index contributed by atoms with van der Waals surface area (Å²) in [6.07, 6.45) is 0.0936. The van der Waals surface area contributed by atoms with Crippen molar-refractivity contribution in [3.8, 4) is 11.5 Å². The van der Waals surface area contributed by atoms with E-state index in [0.29, 0.717) is 19.8 Å². The largest absolute Gasteiger partial charge is 0.486 e. The van der Waals surface area contributed by atoms with E-state index in [4.69, 9.17) is 19.9 Å². The van der Waals surface area contributed by atoms with Crippen molar-refractivity contribution in [1.29, 1.82) is 0 Å². The van der Waals surface area contributed by atoms with Gasteiger partial charge in [0.1, 0.15) is 13.2 Å². The fraction of sp³-hybridized carbons (Fsp3) is 0.571. The van der Waals surface area contributed by atoms with Crippen LogP contribution >= 0.6 is 0 Å². The Kier molecular flexibility index (Phi) is 3.87. The van der Waals surface area contributed by atoms with E-state index >= 15 is 0 Å². The molecule has 0 aromatic heterocycles. The molecule has 0 amide bonds. The zero-order chi connectivity index (χ0) is 13.1. The third-order valence-electron chi connectivity index (χ3n) is 3.53. The van der Waals surface area contributed by atoms with Crippen molar-refractivity contribution >= 4 is 0 Å². The summed E-state index contributed by atoms with van der Waals surface area (Å²) in [5.74, 6) is 1.65. The molecular formula is C14H20N2O3. The van der Waals surface area contributed by atoms with Crippen molar-refractivity contribution in [2.45, 2.75) is 6.10 Å². The van der Waals surface area contributed by atoms with Gasteiger partial charge in [-0.2, -0.15) is 0 Å². The van der Waals surface area contributed by atoms with Crippen molar-refractivity contribution in [1.82, 2.24) is 4.90 Å². The summed E-state index contributed by atoms with van der Waals surface area (Å²) in [7, 11) is 0. The first-order chi connectivity index (χ1) is 9.36. The van der Waals surface area contributed by atoms with Gasteiger partial charge < -0.3 is 19.9 Å². The highest BCUT2D eigenvalue weighted by molar-refractivity contribution is 5.44. The number of ether oxygens (including phenoxy) is 3. The van der Waals surface area contributed by atoms with Gasteiger partial charge in [-0.3, -0.25) is 4.90 Å². The molecule has 1 aromatic carbocycles. The lowest BCUT2D eigenvalue weighted by atomic mass is 10.1. The molecule has 1 unspecified atom stereocenters. The van der Waals surface area contributed by atoms with E-state index < -0.39 is 0 Å². The van der Waals surface area contributed by atoms with Crippen LogP contribution in [0.5, 0.6) is 11.5 Å². The first kappa shape index (κ1) is 12.7. The Balaban J connectivity index is 1.74. The first-order valence-corrected chi connectivity index (χ1v) is 6.80. The highest BCUT2D eigenvalue weighted by Crippen LogP contribution is 2.34. The second-order valence-corrected chi connectivity index (χ2v) is 4.85. The number of benzene rings is 1. The summed E-state index contributed by atoms with van der Waals surface area (Å²) in [5, 5.41) is 0. The van der Waals surface area contributed by atoms with Crippen molar-refractivity contribution in [3.63, 3.8) is 0 Å². The summed E-state index contributed by atoms with van der Waals surface area (Å²) >= 11 is 0. The second kappa shape index (κ2) is 5.77. The average Bonchev–Trinajstić information content (AvgIpc) is 2.47. The minimum atomic E-state index is 0.0936. The molecule has 5 heteroatoms. The van der Waals surface area contributed by atoms with Crippen molar-refractivity contribution in [2.24, 2.45) is 5.73 Å². The van der Waals surface area contributed by atoms with Gasteiger partial charge in [0.2, 0.25) is 0 Å². The van der Waals surface area contributed by atoms with Crippen LogP contribution in [0.3, 0.4) is 0 Å². The Hall–Kier alpha value is -1.30. The fourth-order valence-electron chi connectivity index (χ4n) is 2.55. The molecule has 1 saturated heterocycles. The SMILES string of the molecule is NCCN1CCOC(c2ccc3c(c2)OCCO3)C1. The molecule has 1 fully saturated rings. The molecule has 19 heavy (non-hydrogen) atoms. The number of nitrogens with two attached hydrogens (primary N) is 1. The first-order valence-electron chi connectivity index (χ1n) is 6.80. The molecule has 1 aromatic rings. The molecule has 0 aliphatic carbocycles. The van der Waals surface area contributed by atoms with Crippen LogP contribution in [0.25, 0.3) is 0 Å². The second-order valence-electron chi connectivity index (χ2n) is 4.85. The van der Waals surface area contributed by atoms with Gasteiger partial charge in [0.15, 0.2) is 11.5 Å². The van der Waals surface area contributed by atoms with Gasteiger partial charge in [-0.25, -0.2) is 0 Å². The maximum atomic E-state index is 5.85. The quantitative estimate of drug-likeness (QED) is 0.874. The monoisotopic (exact) mass is 264 g/mol. The van der Waals surface area contributed by atoms with Crippen LogP contribution in [0.2, 0.25) is 0 Å². The Morgan fingerprint density at radius 1 is 1.16 bits per heavy atom. The molecule has 0 spiro atoms. The van der Waals surface area contributed by atoms with Crippen molar-refractivity contribution in [3.05, 3.63) is 23.8 Å². The third kappa shape index (κ3) is 2.83. The zero-order valence-corrected chi connectivity index (χ0v) is 11.0. The zero-order valence-electron chi connectivity index (χ0n) is 11.0. The predicted molar refractivity (Wildman–Crippen MR) is 71.6 cm³/mol.